The Morgan fingerprint density at radius 2 is 1.81 bits per heavy atom. The van der Waals surface area contributed by atoms with Crippen molar-refractivity contribution in [3.63, 3.8) is 0 Å². The number of amides is 2. The largest absolute Gasteiger partial charge is 0.352 e. The number of hydrogen-bond donors (Lipinski definition) is 1. The van der Waals surface area contributed by atoms with Crippen molar-refractivity contribution >= 4 is 11.8 Å². The standard InChI is InChI=1S/C17H26N2O2/c1-3-4-8-12-19(15(2)20)13-11-17(21)18-14-16-9-6-5-7-10-16/h5-7,9-10H,3-4,8,11-14H2,1-2H3,(H,18,21). The molecule has 4 heteroatoms. The van der Waals surface area contributed by atoms with Gasteiger partial charge in [0, 0.05) is 33.0 Å². The van der Waals surface area contributed by atoms with Crippen molar-refractivity contribution in [2.45, 2.75) is 46.1 Å². The van der Waals surface area contributed by atoms with E-state index < -0.39 is 0 Å². The maximum absolute atomic E-state index is 11.8. The van der Waals surface area contributed by atoms with Crippen LogP contribution in [0.4, 0.5) is 0 Å². The molecule has 0 spiro atoms. The summed E-state index contributed by atoms with van der Waals surface area (Å²) in [5.74, 6) is 0.0301. The average Bonchev–Trinajstić information content (AvgIpc) is 2.49. The topological polar surface area (TPSA) is 49.4 Å². The maximum Gasteiger partial charge on any atom is 0.222 e. The zero-order chi connectivity index (χ0) is 15.5. The third-order valence-corrected chi connectivity index (χ3v) is 3.42. The summed E-state index contributed by atoms with van der Waals surface area (Å²) in [5, 5.41) is 2.88. The van der Waals surface area contributed by atoms with Gasteiger partial charge in [-0.2, -0.15) is 0 Å². The van der Waals surface area contributed by atoms with Crippen molar-refractivity contribution in [3.05, 3.63) is 35.9 Å². The predicted molar refractivity (Wildman–Crippen MR) is 84.7 cm³/mol. The fraction of sp³-hybridized carbons (Fsp3) is 0.529. The van der Waals surface area contributed by atoms with Crippen LogP contribution in [0.25, 0.3) is 0 Å². The van der Waals surface area contributed by atoms with Gasteiger partial charge in [-0.25, -0.2) is 0 Å². The minimum Gasteiger partial charge on any atom is -0.352 e. The third-order valence-electron chi connectivity index (χ3n) is 3.42. The molecular formula is C17H26N2O2. The molecule has 2 amide bonds. The molecule has 0 saturated heterocycles. The Balaban J connectivity index is 2.27. The maximum atomic E-state index is 11.8. The molecule has 1 aromatic rings. The first-order valence-corrected chi connectivity index (χ1v) is 7.69. The molecule has 0 aliphatic heterocycles. The van der Waals surface area contributed by atoms with Crippen molar-refractivity contribution < 1.29 is 9.59 Å². The number of rotatable bonds is 9. The number of carbonyl (C=O) groups excluding carboxylic acids is 2. The summed E-state index contributed by atoms with van der Waals surface area (Å²) in [6, 6.07) is 9.81. The van der Waals surface area contributed by atoms with Crippen LogP contribution < -0.4 is 5.32 Å². The molecule has 1 aromatic carbocycles. The average molecular weight is 290 g/mol. The molecule has 0 atom stereocenters. The summed E-state index contributed by atoms with van der Waals surface area (Å²) in [5.41, 5.74) is 1.08. The summed E-state index contributed by atoms with van der Waals surface area (Å²) in [7, 11) is 0. The van der Waals surface area contributed by atoms with Crippen LogP contribution in [0.3, 0.4) is 0 Å². The van der Waals surface area contributed by atoms with E-state index in [1.807, 2.05) is 30.3 Å². The molecule has 0 unspecified atom stereocenters. The number of unbranched alkanes of at least 4 members (excludes halogenated alkanes) is 2. The van der Waals surface area contributed by atoms with Crippen LogP contribution in [0.1, 0.15) is 45.1 Å². The van der Waals surface area contributed by atoms with Crippen molar-refractivity contribution in [3.8, 4) is 0 Å². The van der Waals surface area contributed by atoms with Crippen molar-refractivity contribution in [1.82, 2.24) is 10.2 Å². The summed E-state index contributed by atoms with van der Waals surface area (Å²) < 4.78 is 0. The van der Waals surface area contributed by atoms with E-state index in [4.69, 9.17) is 0 Å². The van der Waals surface area contributed by atoms with Crippen LogP contribution in [0.2, 0.25) is 0 Å². The highest BCUT2D eigenvalue weighted by Gasteiger charge is 2.10. The van der Waals surface area contributed by atoms with Gasteiger partial charge in [0.1, 0.15) is 0 Å². The first kappa shape index (κ1) is 17.2. The Bertz CT molecular complexity index is 432. The number of carbonyl (C=O) groups is 2. The van der Waals surface area contributed by atoms with Crippen LogP contribution in [-0.2, 0) is 16.1 Å². The van der Waals surface area contributed by atoms with Gasteiger partial charge >= 0.3 is 0 Å². The lowest BCUT2D eigenvalue weighted by molar-refractivity contribution is -0.129. The van der Waals surface area contributed by atoms with Gasteiger partial charge in [-0.15, -0.1) is 0 Å². The zero-order valence-corrected chi connectivity index (χ0v) is 13.1. The summed E-state index contributed by atoms with van der Waals surface area (Å²) in [6.07, 6.45) is 3.60. The predicted octanol–water partition coefficient (Wildman–Crippen LogP) is 2.73. The smallest absolute Gasteiger partial charge is 0.222 e. The Labute approximate surface area is 127 Å². The molecule has 1 N–H and O–H groups in total. The SMILES string of the molecule is CCCCCN(CCC(=O)NCc1ccccc1)C(C)=O. The molecule has 116 valence electrons. The van der Waals surface area contributed by atoms with E-state index in [0.29, 0.717) is 19.5 Å². The normalized spacial score (nSPS) is 10.2. The van der Waals surface area contributed by atoms with Gasteiger partial charge in [0.05, 0.1) is 0 Å². The van der Waals surface area contributed by atoms with Crippen molar-refractivity contribution in [2.24, 2.45) is 0 Å². The highest BCUT2D eigenvalue weighted by atomic mass is 16.2. The highest BCUT2D eigenvalue weighted by molar-refractivity contribution is 5.78. The van der Waals surface area contributed by atoms with E-state index in [9.17, 15) is 9.59 Å². The molecule has 0 bridgehead atoms. The second-order valence-corrected chi connectivity index (χ2v) is 5.23. The van der Waals surface area contributed by atoms with Gasteiger partial charge in [0.25, 0.3) is 0 Å². The molecular weight excluding hydrogens is 264 g/mol. The van der Waals surface area contributed by atoms with E-state index in [1.165, 1.54) is 0 Å². The molecule has 0 heterocycles. The van der Waals surface area contributed by atoms with Gasteiger partial charge in [0.2, 0.25) is 11.8 Å². The van der Waals surface area contributed by atoms with Gasteiger partial charge < -0.3 is 10.2 Å². The lowest BCUT2D eigenvalue weighted by Gasteiger charge is -2.20. The van der Waals surface area contributed by atoms with Crippen LogP contribution >= 0.6 is 0 Å². The lowest BCUT2D eigenvalue weighted by atomic mass is 10.2. The Kier molecular flexibility index (Phi) is 8.17. The monoisotopic (exact) mass is 290 g/mol. The Morgan fingerprint density at radius 1 is 1.10 bits per heavy atom. The summed E-state index contributed by atoms with van der Waals surface area (Å²) in [6.45, 7) is 5.48. The number of nitrogens with one attached hydrogen (secondary N) is 1. The third kappa shape index (κ3) is 7.49. The van der Waals surface area contributed by atoms with Gasteiger partial charge in [-0.05, 0) is 12.0 Å². The number of nitrogens with zero attached hydrogens (tertiary/aromatic N) is 1. The lowest BCUT2D eigenvalue weighted by Crippen LogP contribution is -2.34. The summed E-state index contributed by atoms with van der Waals surface area (Å²) in [4.78, 5) is 25.1. The Morgan fingerprint density at radius 3 is 2.43 bits per heavy atom. The van der Waals surface area contributed by atoms with Crippen LogP contribution in [-0.4, -0.2) is 29.8 Å². The zero-order valence-electron chi connectivity index (χ0n) is 13.1. The highest BCUT2D eigenvalue weighted by Crippen LogP contribution is 2.01. The first-order valence-electron chi connectivity index (χ1n) is 7.69. The molecule has 1 rings (SSSR count). The van der Waals surface area contributed by atoms with E-state index in [-0.39, 0.29) is 11.8 Å². The quantitative estimate of drug-likeness (QED) is 0.711. The summed E-state index contributed by atoms with van der Waals surface area (Å²) >= 11 is 0. The number of hydrogen-bond acceptors (Lipinski definition) is 2. The molecule has 0 aliphatic carbocycles. The second-order valence-electron chi connectivity index (χ2n) is 5.23. The molecule has 0 aliphatic rings. The molecule has 0 aromatic heterocycles. The number of benzene rings is 1. The Hall–Kier alpha value is -1.84. The van der Waals surface area contributed by atoms with E-state index in [2.05, 4.69) is 12.2 Å². The minimum absolute atomic E-state index is 0.0133. The van der Waals surface area contributed by atoms with Crippen molar-refractivity contribution in [1.29, 1.82) is 0 Å². The molecule has 0 radical (unpaired) electrons. The molecule has 4 nitrogen and oxygen atoms in total. The first-order chi connectivity index (χ1) is 10.1. The van der Waals surface area contributed by atoms with E-state index in [1.54, 1.807) is 11.8 Å². The van der Waals surface area contributed by atoms with E-state index in [0.717, 1.165) is 31.4 Å². The van der Waals surface area contributed by atoms with Crippen LogP contribution in [0.15, 0.2) is 30.3 Å². The molecule has 21 heavy (non-hydrogen) atoms. The minimum atomic E-state index is -0.0133. The van der Waals surface area contributed by atoms with Crippen LogP contribution in [0, 0.1) is 0 Å². The molecule has 0 fully saturated rings. The second kappa shape index (κ2) is 9.97. The van der Waals surface area contributed by atoms with Gasteiger partial charge in [-0.1, -0.05) is 50.1 Å². The fourth-order valence-electron chi connectivity index (χ4n) is 2.10. The van der Waals surface area contributed by atoms with Crippen LogP contribution in [0.5, 0.6) is 0 Å². The van der Waals surface area contributed by atoms with E-state index >= 15 is 0 Å². The van der Waals surface area contributed by atoms with Gasteiger partial charge in [0.15, 0.2) is 0 Å². The fourth-order valence-corrected chi connectivity index (χ4v) is 2.10. The molecule has 0 saturated carbocycles. The van der Waals surface area contributed by atoms with Crippen molar-refractivity contribution in [2.75, 3.05) is 13.1 Å². The van der Waals surface area contributed by atoms with Gasteiger partial charge in [-0.3, -0.25) is 9.59 Å².